The lowest BCUT2D eigenvalue weighted by atomic mass is 10.2. The van der Waals surface area contributed by atoms with Gasteiger partial charge in [-0.3, -0.25) is 0 Å². The van der Waals surface area contributed by atoms with Crippen LogP contribution in [0.25, 0.3) is 0 Å². The Bertz CT molecular complexity index is 679. The van der Waals surface area contributed by atoms with Gasteiger partial charge >= 0.3 is 6.18 Å². The van der Waals surface area contributed by atoms with E-state index in [4.69, 9.17) is 27.9 Å². The highest BCUT2D eigenvalue weighted by Gasteiger charge is 2.32. The molecule has 0 amide bonds. The SMILES string of the molecule is CSc1ccc(Oc2c(Cl)cc(C(F)(F)F)cc2Cl)cc1C. The number of ether oxygens (including phenoxy) is 1. The first-order valence-electron chi connectivity index (χ1n) is 6.11. The average molecular weight is 367 g/mol. The zero-order valence-corrected chi connectivity index (χ0v) is 13.9. The van der Waals surface area contributed by atoms with E-state index in [1.807, 2.05) is 19.2 Å². The number of alkyl halides is 3. The van der Waals surface area contributed by atoms with Crippen LogP contribution in [0, 0.1) is 6.92 Å². The number of aryl methyl sites for hydroxylation is 1. The number of hydrogen-bond donors (Lipinski definition) is 0. The molecule has 0 heterocycles. The van der Waals surface area contributed by atoms with E-state index in [-0.39, 0.29) is 15.8 Å². The normalized spacial score (nSPS) is 11.6. The summed E-state index contributed by atoms with van der Waals surface area (Å²) in [6.45, 7) is 1.91. The van der Waals surface area contributed by atoms with Crippen LogP contribution in [0.3, 0.4) is 0 Å². The van der Waals surface area contributed by atoms with Gasteiger partial charge in [0.2, 0.25) is 0 Å². The van der Waals surface area contributed by atoms with Crippen molar-refractivity contribution in [1.29, 1.82) is 0 Å². The summed E-state index contributed by atoms with van der Waals surface area (Å²) in [4.78, 5) is 1.08. The Kier molecular flexibility index (Phi) is 5.20. The minimum absolute atomic E-state index is 0.00707. The zero-order valence-electron chi connectivity index (χ0n) is 11.6. The van der Waals surface area contributed by atoms with Crippen LogP contribution >= 0.6 is 35.0 Å². The Hall–Kier alpha value is -1.04. The van der Waals surface area contributed by atoms with E-state index < -0.39 is 11.7 Å². The molecular weight excluding hydrogens is 356 g/mol. The molecule has 22 heavy (non-hydrogen) atoms. The predicted octanol–water partition coefficient (Wildman–Crippen LogP) is 6.83. The first kappa shape index (κ1) is 17.3. The van der Waals surface area contributed by atoms with Crippen molar-refractivity contribution in [1.82, 2.24) is 0 Å². The van der Waals surface area contributed by atoms with Crippen LogP contribution < -0.4 is 4.74 Å². The maximum absolute atomic E-state index is 12.7. The van der Waals surface area contributed by atoms with E-state index >= 15 is 0 Å². The summed E-state index contributed by atoms with van der Waals surface area (Å²) >= 11 is 13.3. The van der Waals surface area contributed by atoms with Gasteiger partial charge in [-0.15, -0.1) is 11.8 Å². The molecule has 0 aliphatic rings. The molecule has 0 fully saturated rings. The second-order valence-corrected chi connectivity index (χ2v) is 6.16. The Labute approximate surface area is 140 Å². The number of benzene rings is 2. The second-order valence-electron chi connectivity index (χ2n) is 4.50. The fourth-order valence-corrected chi connectivity index (χ4v) is 3.00. The van der Waals surface area contributed by atoms with Crippen molar-refractivity contribution in [2.75, 3.05) is 6.26 Å². The van der Waals surface area contributed by atoms with E-state index in [0.717, 1.165) is 22.6 Å². The minimum Gasteiger partial charge on any atom is -0.454 e. The van der Waals surface area contributed by atoms with E-state index in [2.05, 4.69) is 0 Å². The Morgan fingerprint density at radius 1 is 1.05 bits per heavy atom. The molecule has 1 nitrogen and oxygen atoms in total. The second kappa shape index (κ2) is 6.60. The molecule has 2 aromatic carbocycles. The molecule has 0 N–H and O–H groups in total. The van der Waals surface area contributed by atoms with Crippen LogP contribution in [0.4, 0.5) is 13.2 Å². The topological polar surface area (TPSA) is 9.23 Å². The monoisotopic (exact) mass is 366 g/mol. The molecule has 2 rings (SSSR count). The fourth-order valence-electron chi connectivity index (χ4n) is 1.85. The third-order valence-corrected chi connectivity index (χ3v) is 4.37. The van der Waals surface area contributed by atoms with Crippen molar-refractivity contribution in [3.8, 4) is 11.5 Å². The molecule has 2 aromatic rings. The summed E-state index contributed by atoms with van der Waals surface area (Å²) in [6.07, 6.45) is -2.56. The molecule has 0 radical (unpaired) electrons. The molecule has 0 saturated heterocycles. The number of rotatable bonds is 3. The lowest BCUT2D eigenvalue weighted by Crippen LogP contribution is -2.05. The van der Waals surface area contributed by atoms with Gasteiger partial charge in [0.05, 0.1) is 15.6 Å². The summed E-state index contributed by atoms with van der Waals surface area (Å²) in [6, 6.07) is 6.94. The highest BCUT2D eigenvalue weighted by molar-refractivity contribution is 7.98. The number of thioether (sulfide) groups is 1. The Morgan fingerprint density at radius 3 is 2.09 bits per heavy atom. The quantitative estimate of drug-likeness (QED) is 0.550. The molecule has 0 saturated carbocycles. The van der Waals surface area contributed by atoms with Crippen molar-refractivity contribution >= 4 is 35.0 Å². The van der Waals surface area contributed by atoms with Crippen LogP contribution in [0.15, 0.2) is 35.2 Å². The molecule has 0 atom stereocenters. The molecule has 118 valence electrons. The van der Waals surface area contributed by atoms with Gasteiger partial charge in [-0.05, 0) is 49.1 Å². The van der Waals surface area contributed by atoms with E-state index in [1.54, 1.807) is 23.9 Å². The van der Waals surface area contributed by atoms with E-state index in [1.165, 1.54) is 0 Å². The third-order valence-electron chi connectivity index (χ3n) is 2.91. The van der Waals surface area contributed by atoms with Gasteiger partial charge in [0, 0.05) is 4.90 Å². The first-order chi connectivity index (χ1) is 10.2. The van der Waals surface area contributed by atoms with Crippen molar-refractivity contribution in [3.05, 3.63) is 51.5 Å². The summed E-state index contributed by atoms with van der Waals surface area (Å²) in [7, 11) is 0. The van der Waals surface area contributed by atoms with Gasteiger partial charge in [0.1, 0.15) is 5.75 Å². The predicted molar refractivity (Wildman–Crippen MR) is 84.5 cm³/mol. The van der Waals surface area contributed by atoms with Gasteiger partial charge < -0.3 is 4.74 Å². The zero-order chi connectivity index (χ0) is 16.5. The standard InChI is InChI=1S/C15H11Cl2F3OS/c1-8-5-10(3-4-13(8)22-2)21-14-11(16)6-9(7-12(14)17)15(18,19)20/h3-7H,1-2H3. The van der Waals surface area contributed by atoms with Crippen LogP contribution in [-0.2, 0) is 6.18 Å². The molecule has 0 bridgehead atoms. The van der Waals surface area contributed by atoms with Gasteiger partial charge in [-0.25, -0.2) is 0 Å². The Morgan fingerprint density at radius 2 is 1.64 bits per heavy atom. The van der Waals surface area contributed by atoms with Crippen molar-refractivity contribution < 1.29 is 17.9 Å². The first-order valence-corrected chi connectivity index (χ1v) is 8.09. The highest BCUT2D eigenvalue weighted by Crippen LogP contribution is 2.42. The molecule has 0 unspecified atom stereocenters. The van der Waals surface area contributed by atoms with Gasteiger partial charge in [-0.1, -0.05) is 23.2 Å². The summed E-state index contributed by atoms with van der Waals surface area (Å²) in [5.74, 6) is 0.464. The Balaban J connectivity index is 2.36. The summed E-state index contributed by atoms with van der Waals surface area (Å²) < 4.78 is 43.6. The molecule has 7 heteroatoms. The number of hydrogen-bond acceptors (Lipinski definition) is 2. The highest BCUT2D eigenvalue weighted by atomic mass is 35.5. The van der Waals surface area contributed by atoms with Crippen molar-refractivity contribution in [2.24, 2.45) is 0 Å². The fraction of sp³-hybridized carbons (Fsp3) is 0.200. The largest absolute Gasteiger partial charge is 0.454 e. The van der Waals surface area contributed by atoms with Crippen LogP contribution in [-0.4, -0.2) is 6.26 Å². The van der Waals surface area contributed by atoms with Crippen LogP contribution in [0.2, 0.25) is 10.0 Å². The van der Waals surface area contributed by atoms with Gasteiger partial charge in [0.25, 0.3) is 0 Å². The molecule has 0 aliphatic carbocycles. The van der Waals surface area contributed by atoms with Crippen molar-refractivity contribution in [3.63, 3.8) is 0 Å². The van der Waals surface area contributed by atoms with Crippen LogP contribution in [0.5, 0.6) is 11.5 Å². The van der Waals surface area contributed by atoms with Gasteiger partial charge in [-0.2, -0.15) is 13.2 Å². The average Bonchev–Trinajstić information content (AvgIpc) is 2.41. The maximum atomic E-state index is 12.7. The molecule has 0 aromatic heterocycles. The molecule has 0 spiro atoms. The number of halogens is 5. The van der Waals surface area contributed by atoms with E-state index in [0.29, 0.717) is 5.75 Å². The molecule has 0 aliphatic heterocycles. The summed E-state index contributed by atoms with van der Waals surface area (Å²) in [5, 5.41) is -0.377. The van der Waals surface area contributed by atoms with Gasteiger partial charge in [0.15, 0.2) is 5.75 Å². The lowest BCUT2D eigenvalue weighted by Gasteiger charge is -2.14. The smallest absolute Gasteiger partial charge is 0.416 e. The maximum Gasteiger partial charge on any atom is 0.416 e. The van der Waals surface area contributed by atoms with Crippen molar-refractivity contribution in [2.45, 2.75) is 18.0 Å². The van der Waals surface area contributed by atoms with E-state index in [9.17, 15) is 13.2 Å². The van der Waals surface area contributed by atoms with Crippen LogP contribution in [0.1, 0.15) is 11.1 Å². The summed E-state index contributed by atoms with van der Waals surface area (Å²) in [5.41, 5.74) is 0.0768. The lowest BCUT2D eigenvalue weighted by molar-refractivity contribution is -0.137. The minimum atomic E-state index is -4.51. The third kappa shape index (κ3) is 3.83. The molecular formula is C15H11Cl2F3OS.